The summed E-state index contributed by atoms with van der Waals surface area (Å²) in [5, 5.41) is 0.415. The summed E-state index contributed by atoms with van der Waals surface area (Å²) in [7, 11) is 7.59. The Kier molecular flexibility index (Phi) is 5.53. The lowest BCUT2D eigenvalue weighted by Crippen LogP contribution is -2.08. The fourth-order valence-corrected chi connectivity index (χ4v) is 1.97. The highest BCUT2D eigenvalue weighted by molar-refractivity contribution is 6.31. The van der Waals surface area contributed by atoms with Gasteiger partial charge in [-0.05, 0) is 0 Å². The summed E-state index contributed by atoms with van der Waals surface area (Å²) in [4.78, 5) is 0. The predicted molar refractivity (Wildman–Crippen MR) is 67.9 cm³/mol. The first-order valence-electron chi connectivity index (χ1n) is 5.18. The van der Waals surface area contributed by atoms with E-state index in [1.54, 1.807) is 6.07 Å². The first-order chi connectivity index (χ1) is 8.64. The van der Waals surface area contributed by atoms with Crippen LogP contribution >= 0.6 is 11.6 Å². The van der Waals surface area contributed by atoms with Crippen LogP contribution < -0.4 is 14.2 Å². The number of ether oxygens (including phenoxy) is 5. The smallest absolute Gasteiger partial charge is 0.203 e. The quantitative estimate of drug-likeness (QED) is 0.748. The van der Waals surface area contributed by atoms with Gasteiger partial charge in [-0.1, -0.05) is 11.6 Å². The molecule has 0 aliphatic heterocycles. The molecule has 6 heteroatoms. The molecule has 0 amide bonds. The van der Waals surface area contributed by atoms with Crippen molar-refractivity contribution < 1.29 is 23.7 Å². The van der Waals surface area contributed by atoms with Crippen molar-refractivity contribution in [2.24, 2.45) is 0 Å². The normalized spacial score (nSPS) is 10.6. The SMILES string of the molecule is COc1cc(Cl)c(C(OC)OC)c(OC)c1OC. The molecule has 0 fully saturated rings. The van der Waals surface area contributed by atoms with Gasteiger partial charge < -0.3 is 23.7 Å². The highest BCUT2D eigenvalue weighted by Gasteiger charge is 2.25. The number of halogens is 1. The third kappa shape index (κ3) is 2.63. The van der Waals surface area contributed by atoms with E-state index in [0.717, 1.165) is 0 Å². The minimum Gasteiger partial charge on any atom is -0.493 e. The minimum absolute atomic E-state index is 0.415. The zero-order valence-electron chi connectivity index (χ0n) is 11.1. The second-order valence-electron chi connectivity index (χ2n) is 3.34. The van der Waals surface area contributed by atoms with E-state index in [1.807, 2.05) is 0 Å². The van der Waals surface area contributed by atoms with Gasteiger partial charge in [-0.25, -0.2) is 0 Å². The maximum Gasteiger partial charge on any atom is 0.203 e. The van der Waals surface area contributed by atoms with Gasteiger partial charge in [0, 0.05) is 20.3 Å². The molecule has 0 radical (unpaired) electrons. The number of hydrogen-bond donors (Lipinski definition) is 0. The third-order valence-corrected chi connectivity index (χ3v) is 2.79. The fraction of sp³-hybridized carbons (Fsp3) is 0.500. The van der Waals surface area contributed by atoms with Crippen LogP contribution in [0.4, 0.5) is 0 Å². The molecule has 0 aliphatic rings. The summed E-state index contributed by atoms with van der Waals surface area (Å²) in [6, 6.07) is 1.63. The van der Waals surface area contributed by atoms with Gasteiger partial charge in [0.15, 0.2) is 17.8 Å². The third-order valence-electron chi connectivity index (χ3n) is 2.48. The standard InChI is InChI=1S/C12H17ClO5/c1-14-8-6-7(13)9(12(17-4)18-5)11(16-3)10(8)15-2/h6,12H,1-5H3. The monoisotopic (exact) mass is 276 g/mol. The first-order valence-corrected chi connectivity index (χ1v) is 5.56. The molecular formula is C12H17ClO5. The molecule has 0 N–H and O–H groups in total. The summed E-state index contributed by atoms with van der Waals surface area (Å²) in [5.74, 6) is 1.35. The Morgan fingerprint density at radius 1 is 0.889 bits per heavy atom. The van der Waals surface area contributed by atoms with Crippen LogP contribution in [-0.2, 0) is 9.47 Å². The van der Waals surface area contributed by atoms with Crippen molar-refractivity contribution in [3.63, 3.8) is 0 Å². The highest BCUT2D eigenvalue weighted by Crippen LogP contribution is 2.46. The molecule has 1 aromatic rings. The molecular weight excluding hydrogens is 260 g/mol. The van der Waals surface area contributed by atoms with Crippen LogP contribution in [-0.4, -0.2) is 35.5 Å². The van der Waals surface area contributed by atoms with Gasteiger partial charge in [0.2, 0.25) is 5.75 Å². The lowest BCUT2D eigenvalue weighted by Gasteiger charge is -2.21. The lowest BCUT2D eigenvalue weighted by atomic mass is 10.1. The number of benzene rings is 1. The number of methoxy groups -OCH3 is 5. The molecule has 0 atom stereocenters. The van der Waals surface area contributed by atoms with E-state index in [2.05, 4.69) is 0 Å². The van der Waals surface area contributed by atoms with Crippen molar-refractivity contribution >= 4 is 11.6 Å². The maximum absolute atomic E-state index is 6.20. The van der Waals surface area contributed by atoms with Gasteiger partial charge in [-0.3, -0.25) is 0 Å². The van der Waals surface area contributed by atoms with Crippen molar-refractivity contribution in [2.45, 2.75) is 6.29 Å². The molecule has 0 aliphatic carbocycles. The molecule has 102 valence electrons. The second kappa shape index (κ2) is 6.68. The zero-order valence-corrected chi connectivity index (χ0v) is 11.8. The van der Waals surface area contributed by atoms with Crippen LogP contribution in [0.15, 0.2) is 6.07 Å². The summed E-state index contributed by atoms with van der Waals surface area (Å²) in [6.07, 6.45) is -0.646. The molecule has 0 spiro atoms. The van der Waals surface area contributed by atoms with Gasteiger partial charge in [0.25, 0.3) is 0 Å². The van der Waals surface area contributed by atoms with E-state index in [-0.39, 0.29) is 0 Å². The van der Waals surface area contributed by atoms with Crippen molar-refractivity contribution in [2.75, 3.05) is 35.5 Å². The number of hydrogen-bond acceptors (Lipinski definition) is 5. The second-order valence-corrected chi connectivity index (χ2v) is 3.75. The molecule has 0 bridgehead atoms. The van der Waals surface area contributed by atoms with Crippen molar-refractivity contribution in [3.05, 3.63) is 16.7 Å². The Morgan fingerprint density at radius 3 is 1.83 bits per heavy atom. The fourth-order valence-electron chi connectivity index (χ4n) is 1.70. The topological polar surface area (TPSA) is 46.2 Å². The summed E-state index contributed by atoms with van der Waals surface area (Å²) in [5.41, 5.74) is 0.557. The van der Waals surface area contributed by atoms with Gasteiger partial charge in [-0.15, -0.1) is 0 Å². The first kappa shape index (κ1) is 14.9. The van der Waals surface area contributed by atoms with Gasteiger partial charge in [0.1, 0.15) is 0 Å². The van der Waals surface area contributed by atoms with Crippen LogP contribution in [0, 0.1) is 0 Å². The molecule has 1 aromatic carbocycles. The van der Waals surface area contributed by atoms with E-state index < -0.39 is 6.29 Å². The van der Waals surface area contributed by atoms with Gasteiger partial charge in [-0.2, -0.15) is 0 Å². The Labute approximate surface area is 111 Å². The van der Waals surface area contributed by atoms with Crippen LogP contribution in [0.2, 0.25) is 5.02 Å². The Bertz CT molecular complexity index is 404. The predicted octanol–water partition coefficient (Wildman–Crippen LogP) is 2.66. The largest absolute Gasteiger partial charge is 0.493 e. The molecule has 1 rings (SSSR count). The van der Waals surface area contributed by atoms with Crippen molar-refractivity contribution in [3.8, 4) is 17.2 Å². The van der Waals surface area contributed by atoms with Crippen LogP contribution in [0.1, 0.15) is 11.9 Å². The Morgan fingerprint density at radius 2 is 1.44 bits per heavy atom. The van der Waals surface area contributed by atoms with E-state index in [1.165, 1.54) is 35.5 Å². The van der Waals surface area contributed by atoms with Crippen LogP contribution in [0.3, 0.4) is 0 Å². The van der Waals surface area contributed by atoms with E-state index >= 15 is 0 Å². The molecule has 5 nitrogen and oxygen atoms in total. The summed E-state index contributed by atoms with van der Waals surface area (Å²) >= 11 is 6.20. The lowest BCUT2D eigenvalue weighted by molar-refractivity contribution is -0.107. The van der Waals surface area contributed by atoms with Crippen LogP contribution in [0.25, 0.3) is 0 Å². The van der Waals surface area contributed by atoms with Crippen molar-refractivity contribution in [1.82, 2.24) is 0 Å². The maximum atomic E-state index is 6.20. The molecule has 18 heavy (non-hydrogen) atoms. The molecule has 0 saturated carbocycles. The highest BCUT2D eigenvalue weighted by atomic mass is 35.5. The molecule has 0 unspecified atom stereocenters. The van der Waals surface area contributed by atoms with Gasteiger partial charge in [0.05, 0.1) is 31.9 Å². The molecule has 0 aromatic heterocycles. The van der Waals surface area contributed by atoms with E-state index in [9.17, 15) is 0 Å². The van der Waals surface area contributed by atoms with E-state index in [4.69, 9.17) is 35.3 Å². The molecule has 0 heterocycles. The average molecular weight is 277 g/mol. The van der Waals surface area contributed by atoms with Gasteiger partial charge >= 0.3 is 0 Å². The Balaban J connectivity index is 3.49. The summed E-state index contributed by atoms with van der Waals surface area (Å²) in [6.45, 7) is 0. The van der Waals surface area contributed by atoms with Crippen molar-refractivity contribution in [1.29, 1.82) is 0 Å². The average Bonchev–Trinajstić information content (AvgIpc) is 2.40. The zero-order chi connectivity index (χ0) is 13.7. The Hall–Kier alpha value is -1.17. The number of rotatable bonds is 6. The van der Waals surface area contributed by atoms with E-state index in [0.29, 0.717) is 27.8 Å². The van der Waals surface area contributed by atoms with Crippen LogP contribution in [0.5, 0.6) is 17.2 Å². The minimum atomic E-state index is -0.646. The molecule has 0 saturated heterocycles. The summed E-state index contributed by atoms with van der Waals surface area (Å²) < 4.78 is 26.2.